The van der Waals surface area contributed by atoms with Crippen LogP contribution in [-0.2, 0) is 4.79 Å². The zero-order chi connectivity index (χ0) is 14.9. The maximum absolute atomic E-state index is 12.5. The largest absolute Gasteiger partial charge is 0.480 e. The van der Waals surface area contributed by atoms with Gasteiger partial charge in [-0.15, -0.1) is 0 Å². The van der Waals surface area contributed by atoms with Gasteiger partial charge in [-0.25, -0.2) is 4.79 Å². The second-order valence-corrected chi connectivity index (χ2v) is 5.09. The van der Waals surface area contributed by atoms with Crippen LogP contribution in [0.4, 0.5) is 0 Å². The van der Waals surface area contributed by atoms with Crippen molar-refractivity contribution in [1.29, 1.82) is 0 Å². The Bertz CT molecular complexity index is 660. The molecule has 106 valence electrons. The Morgan fingerprint density at radius 3 is 2.70 bits per heavy atom. The number of aromatic amines is 1. The van der Waals surface area contributed by atoms with E-state index in [1.165, 1.54) is 18.7 Å². The van der Waals surface area contributed by atoms with Crippen molar-refractivity contribution in [3.05, 3.63) is 30.0 Å². The summed E-state index contributed by atoms with van der Waals surface area (Å²) in [4.78, 5) is 25.2. The quantitative estimate of drug-likeness (QED) is 0.892. The van der Waals surface area contributed by atoms with E-state index in [2.05, 4.69) is 10.2 Å². The third-order valence-corrected chi connectivity index (χ3v) is 3.45. The lowest BCUT2D eigenvalue weighted by Gasteiger charge is -2.34. The average molecular weight is 275 g/mol. The van der Waals surface area contributed by atoms with Gasteiger partial charge in [0.15, 0.2) is 0 Å². The predicted octanol–water partition coefficient (Wildman–Crippen LogP) is 1.89. The van der Waals surface area contributed by atoms with E-state index in [1.807, 2.05) is 0 Å². The molecule has 0 saturated heterocycles. The Balaban J connectivity index is 2.39. The molecule has 0 unspecified atom stereocenters. The van der Waals surface area contributed by atoms with Crippen molar-refractivity contribution in [3.8, 4) is 0 Å². The third kappa shape index (κ3) is 2.24. The topological polar surface area (TPSA) is 86.3 Å². The molecule has 0 bridgehead atoms. The van der Waals surface area contributed by atoms with Gasteiger partial charge in [0.05, 0.1) is 11.7 Å². The van der Waals surface area contributed by atoms with Gasteiger partial charge in [0.1, 0.15) is 5.54 Å². The van der Waals surface area contributed by atoms with Crippen LogP contribution in [-0.4, -0.2) is 44.2 Å². The number of likely N-dealkylation sites (N-methyl/N-ethyl adjacent to an activating group) is 1. The molecule has 1 amide bonds. The molecule has 6 nitrogen and oxygen atoms in total. The fourth-order valence-electron chi connectivity index (χ4n) is 2.13. The van der Waals surface area contributed by atoms with Gasteiger partial charge >= 0.3 is 5.97 Å². The minimum Gasteiger partial charge on any atom is -0.480 e. The Hall–Kier alpha value is -2.37. The van der Waals surface area contributed by atoms with Gasteiger partial charge in [0, 0.05) is 17.5 Å². The van der Waals surface area contributed by atoms with Gasteiger partial charge in [-0.1, -0.05) is 6.07 Å². The van der Waals surface area contributed by atoms with Crippen molar-refractivity contribution in [2.45, 2.75) is 26.3 Å². The van der Waals surface area contributed by atoms with E-state index in [4.69, 9.17) is 0 Å². The van der Waals surface area contributed by atoms with Crippen LogP contribution in [0.1, 0.15) is 31.1 Å². The maximum Gasteiger partial charge on any atom is 0.329 e. The third-order valence-electron chi connectivity index (χ3n) is 3.45. The molecule has 1 aromatic heterocycles. The Morgan fingerprint density at radius 1 is 1.40 bits per heavy atom. The van der Waals surface area contributed by atoms with Gasteiger partial charge in [-0.05, 0) is 32.9 Å². The first-order chi connectivity index (χ1) is 9.37. The normalized spacial score (nSPS) is 11.6. The summed E-state index contributed by atoms with van der Waals surface area (Å²) in [5, 5.41) is 16.9. The highest BCUT2D eigenvalue weighted by Gasteiger charge is 2.37. The van der Waals surface area contributed by atoms with Crippen molar-refractivity contribution in [2.75, 3.05) is 6.54 Å². The van der Waals surface area contributed by atoms with Crippen LogP contribution >= 0.6 is 0 Å². The minimum atomic E-state index is -1.26. The minimum absolute atomic E-state index is 0.309. The molecule has 0 aliphatic carbocycles. The zero-order valence-corrected chi connectivity index (χ0v) is 11.7. The molecule has 0 radical (unpaired) electrons. The molecule has 0 saturated carbocycles. The number of hydrogen-bond donors (Lipinski definition) is 2. The molecule has 2 N–H and O–H groups in total. The number of nitrogens with one attached hydrogen (secondary N) is 1. The molecule has 0 aliphatic heterocycles. The molecule has 20 heavy (non-hydrogen) atoms. The lowest BCUT2D eigenvalue weighted by atomic mass is 10.0. The molecule has 6 heteroatoms. The van der Waals surface area contributed by atoms with Crippen LogP contribution in [0.15, 0.2) is 24.4 Å². The van der Waals surface area contributed by atoms with Crippen LogP contribution < -0.4 is 0 Å². The second-order valence-electron chi connectivity index (χ2n) is 5.09. The fraction of sp³-hybridized carbons (Fsp3) is 0.357. The van der Waals surface area contributed by atoms with Gasteiger partial charge in [0.25, 0.3) is 5.91 Å². The monoisotopic (exact) mass is 275 g/mol. The van der Waals surface area contributed by atoms with E-state index in [-0.39, 0.29) is 5.91 Å². The second kappa shape index (κ2) is 4.96. The number of carboxylic acids is 1. The lowest BCUT2D eigenvalue weighted by Crippen LogP contribution is -2.52. The summed E-state index contributed by atoms with van der Waals surface area (Å²) in [7, 11) is 0. The van der Waals surface area contributed by atoms with Crippen molar-refractivity contribution < 1.29 is 14.7 Å². The molecule has 0 aliphatic rings. The van der Waals surface area contributed by atoms with Crippen LogP contribution in [0.3, 0.4) is 0 Å². The molecule has 2 aromatic rings. The first-order valence-electron chi connectivity index (χ1n) is 6.36. The highest BCUT2D eigenvalue weighted by Crippen LogP contribution is 2.20. The van der Waals surface area contributed by atoms with E-state index in [0.717, 1.165) is 10.9 Å². The number of aromatic nitrogens is 2. The van der Waals surface area contributed by atoms with E-state index >= 15 is 0 Å². The molecule has 0 fully saturated rings. The lowest BCUT2D eigenvalue weighted by molar-refractivity contribution is -0.147. The van der Waals surface area contributed by atoms with E-state index in [1.54, 1.807) is 31.3 Å². The smallest absolute Gasteiger partial charge is 0.329 e. The standard InChI is InChI=1S/C14H17N3O3/c1-4-17(14(2,3)13(19)20)12(18)9-5-6-10-8-15-16-11(10)7-9/h5-8H,4H2,1-3H3,(H,15,16)(H,19,20). The number of carbonyl (C=O) groups excluding carboxylic acids is 1. The summed E-state index contributed by atoms with van der Waals surface area (Å²) >= 11 is 0. The highest BCUT2D eigenvalue weighted by molar-refractivity contribution is 6.00. The summed E-state index contributed by atoms with van der Waals surface area (Å²) in [6, 6.07) is 5.15. The molecule has 0 spiro atoms. The first kappa shape index (κ1) is 14.0. The molecule has 1 aromatic carbocycles. The molecular formula is C14H17N3O3. The van der Waals surface area contributed by atoms with E-state index in [0.29, 0.717) is 12.1 Å². The van der Waals surface area contributed by atoms with Gasteiger partial charge in [-0.3, -0.25) is 9.89 Å². The van der Waals surface area contributed by atoms with Crippen LogP contribution in [0.25, 0.3) is 10.9 Å². The average Bonchev–Trinajstić information content (AvgIpc) is 2.85. The summed E-state index contributed by atoms with van der Waals surface area (Å²) < 4.78 is 0. The van der Waals surface area contributed by atoms with Gasteiger partial charge in [0.2, 0.25) is 0 Å². The molecule has 0 atom stereocenters. The van der Waals surface area contributed by atoms with Crippen LogP contribution in [0.5, 0.6) is 0 Å². The predicted molar refractivity (Wildman–Crippen MR) is 74.5 cm³/mol. The molecular weight excluding hydrogens is 258 g/mol. The number of amides is 1. The number of aliphatic carboxylic acids is 1. The Kier molecular flexibility index (Phi) is 3.48. The number of fused-ring (bicyclic) bond motifs is 1. The fourth-order valence-corrected chi connectivity index (χ4v) is 2.13. The number of rotatable bonds is 4. The van der Waals surface area contributed by atoms with Gasteiger partial charge in [-0.2, -0.15) is 5.10 Å². The van der Waals surface area contributed by atoms with E-state index in [9.17, 15) is 14.7 Å². The number of nitrogens with zero attached hydrogens (tertiary/aromatic N) is 2. The molecule has 1 heterocycles. The summed E-state index contributed by atoms with van der Waals surface area (Å²) in [5.74, 6) is -1.34. The Morgan fingerprint density at radius 2 is 2.10 bits per heavy atom. The zero-order valence-electron chi connectivity index (χ0n) is 11.7. The van der Waals surface area contributed by atoms with Crippen molar-refractivity contribution >= 4 is 22.8 Å². The number of benzene rings is 1. The SMILES string of the molecule is CCN(C(=O)c1ccc2cn[nH]c2c1)C(C)(C)C(=O)O. The van der Waals surface area contributed by atoms with Crippen molar-refractivity contribution in [2.24, 2.45) is 0 Å². The number of H-pyrrole nitrogens is 1. The maximum atomic E-state index is 12.5. The number of carboxylic acid groups (broad SMARTS) is 1. The van der Waals surface area contributed by atoms with Crippen LogP contribution in [0, 0.1) is 0 Å². The Labute approximate surface area is 116 Å². The van der Waals surface area contributed by atoms with Crippen LogP contribution in [0.2, 0.25) is 0 Å². The van der Waals surface area contributed by atoms with Crippen molar-refractivity contribution in [1.82, 2.24) is 15.1 Å². The van der Waals surface area contributed by atoms with E-state index < -0.39 is 11.5 Å². The summed E-state index contributed by atoms with van der Waals surface area (Å²) in [5.41, 5.74) is -0.0626. The summed E-state index contributed by atoms with van der Waals surface area (Å²) in [6.07, 6.45) is 1.67. The van der Waals surface area contributed by atoms with Crippen molar-refractivity contribution in [3.63, 3.8) is 0 Å². The highest BCUT2D eigenvalue weighted by atomic mass is 16.4. The summed E-state index contributed by atoms with van der Waals surface area (Å²) in [6.45, 7) is 5.12. The molecule has 2 rings (SSSR count). The number of carbonyl (C=O) groups is 2. The van der Waals surface area contributed by atoms with Gasteiger partial charge < -0.3 is 10.0 Å². The first-order valence-corrected chi connectivity index (χ1v) is 6.36. The number of hydrogen-bond acceptors (Lipinski definition) is 3.